The van der Waals surface area contributed by atoms with Gasteiger partial charge in [0.15, 0.2) is 17.5 Å². The van der Waals surface area contributed by atoms with Gasteiger partial charge in [-0.1, -0.05) is 84.4 Å². The van der Waals surface area contributed by atoms with Crippen LogP contribution in [-0.2, 0) is 81.6 Å². The molecule has 33 nitrogen and oxygen atoms in total. The van der Waals surface area contributed by atoms with Crippen LogP contribution >= 0.6 is 0 Å². The van der Waals surface area contributed by atoms with Crippen LogP contribution in [0.5, 0.6) is 5.75 Å². The maximum atomic E-state index is 14.7. The highest BCUT2D eigenvalue weighted by molar-refractivity contribution is 6.00. The van der Waals surface area contributed by atoms with Crippen LogP contribution in [0.3, 0.4) is 0 Å². The monoisotopic (exact) mass is 1610 g/mol. The number of guanidine groups is 1. The summed E-state index contributed by atoms with van der Waals surface area (Å²) in [6, 6.07) is 1.58. The molecule has 0 radical (unpaired) electrons. The van der Waals surface area contributed by atoms with Crippen LogP contribution in [0, 0.1) is 46.3 Å². The second-order valence-corrected chi connectivity index (χ2v) is 33.2. The van der Waals surface area contributed by atoms with Gasteiger partial charge in [0.2, 0.25) is 59.1 Å². The molecule has 634 valence electrons. The number of rotatable bonds is 33. The Morgan fingerprint density at radius 3 is 1.84 bits per heavy atom. The number of phenols is 1. The van der Waals surface area contributed by atoms with Gasteiger partial charge >= 0.3 is 0 Å². The van der Waals surface area contributed by atoms with E-state index in [1.807, 2.05) is 26.0 Å². The minimum Gasteiger partial charge on any atom is -0.508 e. The van der Waals surface area contributed by atoms with Gasteiger partial charge in [-0.25, -0.2) is 4.98 Å². The number of aliphatic hydroxyl groups excluding tert-OH is 1. The van der Waals surface area contributed by atoms with Crippen LogP contribution in [0.4, 0.5) is 0 Å². The van der Waals surface area contributed by atoms with Crippen molar-refractivity contribution in [3.05, 3.63) is 95.7 Å². The molecule has 4 aromatic rings. The summed E-state index contributed by atoms with van der Waals surface area (Å²) in [7, 11) is 0. The first-order valence-corrected chi connectivity index (χ1v) is 40.5. The normalized spacial score (nSPS) is 24.3. The Morgan fingerprint density at radius 2 is 1.27 bits per heavy atom. The predicted molar refractivity (Wildman–Crippen MR) is 430 cm³/mol. The molecule has 2 saturated heterocycles. The molecule has 10 amide bonds. The molecule has 2 aliphatic heterocycles. The number of H-pyrrole nitrogens is 2. The molecule has 10 rings (SSSR count). The molecule has 0 bridgehead atoms. The molecular weight excluding hydrogens is 1490 g/mol. The van der Waals surface area contributed by atoms with E-state index in [1.54, 1.807) is 52.1 Å². The van der Waals surface area contributed by atoms with Gasteiger partial charge in [0.1, 0.15) is 65.7 Å². The van der Waals surface area contributed by atoms with Crippen molar-refractivity contribution in [2.24, 2.45) is 62.8 Å². The van der Waals surface area contributed by atoms with Crippen molar-refractivity contribution in [2.75, 3.05) is 26.2 Å². The molecule has 5 fully saturated rings. The van der Waals surface area contributed by atoms with Crippen LogP contribution in [0.1, 0.15) is 182 Å². The number of likely N-dealkylation sites (tertiary alicyclic amines) is 1. The zero-order chi connectivity index (χ0) is 85.1. The zero-order valence-corrected chi connectivity index (χ0v) is 68.2. The molecule has 6 aliphatic rings. The fourth-order valence-electron chi connectivity index (χ4n) is 18.1. The Morgan fingerprint density at radius 1 is 0.690 bits per heavy atom. The van der Waals surface area contributed by atoms with Crippen molar-refractivity contribution in [2.45, 2.75) is 245 Å². The van der Waals surface area contributed by atoms with Crippen molar-refractivity contribution >= 4 is 93.5 Å². The maximum absolute atomic E-state index is 14.7. The van der Waals surface area contributed by atoms with Gasteiger partial charge in [-0.3, -0.25) is 67.3 Å². The quantitative estimate of drug-likeness (QED) is 0.0185. The number of para-hydroxylation sites is 1. The minimum absolute atomic E-state index is 0.0397. The molecule has 0 spiro atoms. The molecular formula is C83H120N16O17. The van der Waals surface area contributed by atoms with Crippen molar-refractivity contribution in [1.82, 2.24) is 67.7 Å². The molecule has 33 heteroatoms. The molecule has 0 unspecified atom stereocenters. The van der Waals surface area contributed by atoms with Gasteiger partial charge < -0.3 is 94.6 Å². The molecule has 19 N–H and O–H groups in total. The number of phenolic OH excluding ortho intramolecular Hbond substituents is 1. The average Bonchev–Trinajstić information content (AvgIpc) is 1.42. The Labute approximate surface area is 676 Å². The molecule has 116 heavy (non-hydrogen) atoms. The van der Waals surface area contributed by atoms with Crippen LogP contribution in [0.25, 0.3) is 10.9 Å². The fourth-order valence-corrected chi connectivity index (χ4v) is 18.1. The lowest BCUT2D eigenvalue weighted by molar-refractivity contribution is -0.161. The number of Topliss-reactive ketones (excluding diaryl/α,β-unsaturated/α-hetero) is 1. The van der Waals surface area contributed by atoms with Crippen LogP contribution in [-0.4, -0.2) is 209 Å². The number of nitrogens with zero attached hydrogens (tertiary/aromatic N) is 3. The lowest BCUT2D eigenvalue weighted by atomic mass is 9.45. The van der Waals surface area contributed by atoms with E-state index < -0.39 is 120 Å². The van der Waals surface area contributed by atoms with Crippen molar-refractivity contribution in [3.8, 4) is 5.75 Å². The first kappa shape index (κ1) is 91.0. The number of hydrogen-bond acceptors (Lipinski definition) is 18. The Hall–Kier alpha value is -10.6. The van der Waals surface area contributed by atoms with E-state index in [4.69, 9.17) is 21.4 Å². The van der Waals surface area contributed by atoms with Gasteiger partial charge in [0, 0.05) is 93.1 Å². The van der Waals surface area contributed by atoms with Crippen molar-refractivity contribution < 1.29 is 82.8 Å². The highest BCUT2D eigenvalue weighted by atomic mass is 16.4. The summed E-state index contributed by atoms with van der Waals surface area (Å²) in [5.74, 6) is -6.11. The number of allylic oxidation sites excluding steroid dienone is 1. The number of carboxylic acids is 1. The number of aliphatic hydroxyl groups is 2. The van der Waals surface area contributed by atoms with Crippen LogP contribution < -0.4 is 59.3 Å². The third-order valence-electron chi connectivity index (χ3n) is 23.9. The van der Waals surface area contributed by atoms with Gasteiger partial charge in [0.05, 0.1) is 12.9 Å². The molecule has 3 saturated carbocycles. The second kappa shape index (κ2) is 40.8. The number of carbonyl (C=O) groups excluding carboxylic acids is 12. The van der Waals surface area contributed by atoms with E-state index in [0.29, 0.717) is 83.9 Å². The second-order valence-electron chi connectivity index (χ2n) is 33.2. The van der Waals surface area contributed by atoms with E-state index in [9.17, 15) is 72.9 Å². The summed E-state index contributed by atoms with van der Waals surface area (Å²) >= 11 is 0. The minimum atomic E-state index is -1.75. The molecule has 2 aromatic carbocycles. The number of likely N-dealkylation sites (N-methyl/N-ethyl adjacent to an activating group) is 1. The molecule has 4 aliphatic carbocycles. The number of aliphatic carboxylic acids is 1. The topological polar surface area (TPSA) is 523 Å². The first-order valence-electron chi connectivity index (χ1n) is 40.5. The number of imidazole rings is 1. The Bertz CT molecular complexity index is 4230. The smallest absolute Gasteiger partial charge is 0.300 e. The summed E-state index contributed by atoms with van der Waals surface area (Å²) in [5, 5.41) is 64.5. The van der Waals surface area contributed by atoms with Gasteiger partial charge in [-0.05, 0) is 174 Å². The highest BCUT2D eigenvalue weighted by Crippen LogP contribution is 2.68. The molecule has 2 aromatic heterocycles. The molecule has 16 atom stereocenters. The zero-order valence-electron chi connectivity index (χ0n) is 68.2. The lowest BCUT2D eigenvalue weighted by Gasteiger charge is -2.60. The van der Waals surface area contributed by atoms with Gasteiger partial charge in [-0.15, -0.1) is 0 Å². The summed E-state index contributed by atoms with van der Waals surface area (Å²) < 4.78 is 0. The summed E-state index contributed by atoms with van der Waals surface area (Å²) in [4.78, 5) is 188. The SMILES string of the molecule is CC(=O)O.CC(=O)[C@@]1(O)CC[C@H]2[C@@H]3C[C@H](C)C4=CC(=O)CC[C@]4(C)[C@H]3CC[C@@]21C.CCNC(=O)[C@@H]1CCCN1C(=O)[C@H](CCCN=C(N)N)NC(=O)[C@H](CC(C)C)NC(=O)[C@@H](CC(C)C)NC(=O)[C@H](Cc1ccc(O)cc1)NC(=O)[C@H](CO)NC(=O)[C@H](Cc1c[nH]c2ccccc12)NC(=O)[C@H](Cc1cnc[nH]1)NC(=O)[C@@H]1CCC(=O)N1. The van der Waals surface area contributed by atoms with E-state index in [2.05, 4.69) is 88.6 Å². The summed E-state index contributed by atoms with van der Waals surface area (Å²) in [5.41, 5.74) is 13.4. The molecule has 4 heterocycles. The summed E-state index contributed by atoms with van der Waals surface area (Å²) in [6.45, 7) is 18.3. The van der Waals surface area contributed by atoms with Crippen LogP contribution in [0.15, 0.2) is 83.9 Å². The van der Waals surface area contributed by atoms with Crippen LogP contribution in [0.2, 0.25) is 0 Å². The standard InChI is InChI=1S/C59H84N16O12.C22H32O3.C2H4O2/c1-6-63-57(86)48-14-10-22-75(48)58(87)41(13-9-21-64-59(60)61)68-51(80)42(23-32(2)3)69-52(81)43(24-33(4)5)70-53(82)44(25-34-15-17-37(77)18-16-34)71-56(85)47(30-76)74-54(83)45(26-35-28-65-39-12-8-7-11-38(35)39)72-55(84)46(27-36-29-62-31-66-36)73-50(79)40-19-20-49(78)67-40;1-13-11-16-17(20(3)8-5-15(24)12-19(13)20)6-9-21(4)18(16)7-10-22(21,25)14(2)23;1-2(3)4/h7-8,11-12,15-18,28-29,31-33,40-48,65,76-77H,6,9-10,13-14,19-27,30H2,1-5H3,(H,62,66)(H,63,86)(H,67,78)(H,68,80)(H,69,81)(H,70,82)(H,71,85)(H,72,84)(H,73,79)(H,74,83)(H4,60,61,64);12-13,16-18,25H,5-11H2,1-4H3;1H3,(H,3,4)/t40-,41-,42-,43+,44-,45-,46-,47-,48-;13-,16+,17-,18-,20+,21-,22-;/m00./s1. The van der Waals surface area contributed by atoms with E-state index in [-0.39, 0.29) is 123 Å². The average molecular weight is 1610 g/mol. The maximum Gasteiger partial charge on any atom is 0.300 e. The number of aliphatic imine (C=N–C) groups is 1. The number of nitrogens with two attached hydrogens (primary N) is 2. The Balaban J connectivity index is 0.000000479. The third-order valence-corrected chi connectivity index (χ3v) is 23.9. The van der Waals surface area contributed by atoms with Crippen molar-refractivity contribution in [1.29, 1.82) is 0 Å². The largest absolute Gasteiger partial charge is 0.508 e. The van der Waals surface area contributed by atoms with Gasteiger partial charge in [0.25, 0.3) is 5.97 Å². The van der Waals surface area contributed by atoms with E-state index in [0.717, 1.165) is 44.5 Å². The number of fused-ring (bicyclic) bond motifs is 6. The Kier molecular flexibility index (Phi) is 32.0. The number of nitrogens with one attached hydrogen (secondary N) is 11. The number of aromatic nitrogens is 3. The number of aromatic amines is 2. The number of aromatic hydroxyl groups is 1. The number of ketones is 2. The van der Waals surface area contributed by atoms with E-state index >= 15 is 0 Å². The number of amides is 10. The predicted octanol–water partition coefficient (Wildman–Crippen LogP) is 2.74. The number of carbonyl (C=O) groups is 13. The number of hydrogen-bond donors (Lipinski definition) is 17. The van der Waals surface area contributed by atoms with E-state index in [1.165, 1.54) is 47.3 Å². The first-order chi connectivity index (χ1) is 54.9. The third kappa shape index (κ3) is 23.2. The number of carboxylic acid groups (broad SMARTS) is 1. The number of benzene rings is 2. The summed E-state index contributed by atoms with van der Waals surface area (Å²) in [6.07, 6.45) is 14.1. The lowest BCUT2D eigenvalue weighted by Crippen LogP contribution is -2.61. The highest BCUT2D eigenvalue weighted by Gasteiger charge is 2.66. The van der Waals surface area contributed by atoms with Crippen molar-refractivity contribution in [3.63, 3.8) is 0 Å². The fraction of sp³-hybridized carbons (Fsp3) is 0.602. The van der Waals surface area contributed by atoms with Gasteiger partial charge in [-0.2, -0.15) is 0 Å².